The number of ether oxygens (including phenoxy) is 1. The second-order valence-electron chi connectivity index (χ2n) is 4.52. The number of anilines is 1. The van der Waals surface area contributed by atoms with E-state index in [9.17, 15) is 9.59 Å². The maximum absolute atomic E-state index is 11.7. The lowest BCUT2D eigenvalue weighted by Gasteiger charge is -2.04. The van der Waals surface area contributed by atoms with Gasteiger partial charge in [-0.15, -0.1) is 0 Å². The molecular weight excluding hydrogens is 284 g/mol. The molecule has 2 aromatic rings. The van der Waals surface area contributed by atoms with E-state index < -0.39 is 12.0 Å². The fourth-order valence-corrected chi connectivity index (χ4v) is 1.93. The Morgan fingerprint density at radius 1 is 1.27 bits per heavy atom. The monoisotopic (exact) mass is 302 g/mol. The van der Waals surface area contributed by atoms with E-state index in [1.54, 1.807) is 24.7 Å². The lowest BCUT2D eigenvalue weighted by Crippen LogP contribution is -2.34. The van der Waals surface area contributed by atoms with Gasteiger partial charge in [-0.1, -0.05) is 30.3 Å². The smallest absolute Gasteiger partial charge is 0.325 e. The number of nitrogens with one attached hydrogen (secondary N) is 2. The number of benzene rings is 1. The number of nitrogens with zero attached hydrogens (tertiary/aromatic N) is 2. The lowest BCUT2D eigenvalue weighted by atomic mass is 10.1. The summed E-state index contributed by atoms with van der Waals surface area (Å²) in [7, 11) is 1.80. The van der Waals surface area contributed by atoms with Crippen molar-refractivity contribution in [1.29, 1.82) is 0 Å². The molecule has 0 aliphatic rings. The minimum Gasteiger partial charge on any atom is -0.465 e. The van der Waals surface area contributed by atoms with Crippen molar-refractivity contribution in [3.8, 4) is 11.3 Å². The third kappa shape index (κ3) is 4.08. The van der Waals surface area contributed by atoms with Crippen molar-refractivity contribution in [1.82, 2.24) is 15.1 Å². The van der Waals surface area contributed by atoms with Crippen LogP contribution in [-0.4, -0.2) is 34.9 Å². The molecule has 7 heteroatoms. The van der Waals surface area contributed by atoms with Crippen LogP contribution in [0.15, 0.2) is 36.4 Å². The van der Waals surface area contributed by atoms with Crippen LogP contribution < -0.4 is 10.6 Å². The van der Waals surface area contributed by atoms with Crippen molar-refractivity contribution in [2.24, 2.45) is 7.05 Å². The van der Waals surface area contributed by atoms with Crippen molar-refractivity contribution in [2.45, 2.75) is 6.92 Å². The first kappa shape index (κ1) is 15.6. The molecule has 0 spiro atoms. The second-order valence-corrected chi connectivity index (χ2v) is 4.52. The zero-order valence-electron chi connectivity index (χ0n) is 12.5. The summed E-state index contributed by atoms with van der Waals surface area (Å²) in [5.74, 6) is -0.0774. The summed E-state index contributed by atoms with van der Waals surface area (Å²) >= 11 is 0. The highest BCUT2D eigenvalue weighted by atomic mass is 16.5. The molecule has 0 atom stereocenters. The van der Waals surface area contributed by atoms with E-state index in [1.807, 2.05) is 30.3 Å². The molecule has 2 rings (SSSR count). The Hall–Kier alpha value is -2.83. The molecule has 1 aromatic heterocycles. The average molecular weight is 302 g/mol. The summed E-state index contributed by atoms with van der Waals surface area (Å²) in [6, 6.07) is 11.0. The number of aromatic nitrogens is 2. The maximum atomic E-state index is 11.7. The Kier molecular flexibility index (Phi) is 5.13. The van der Waals surface area contributed by atoms with Crippen molar-refractivity contribution >= 4 is 17.8 Å². The summed E-state index contributed by atoms with van der Waals surface area (Å²) < 4.78 is 6.40. The molecule has 0 bridgehead atoms. The van der Waals surface area contributed by atoms with Gasteiger partial charge in [0.05, 0.1) is 12.3 Å². The van der Waals surface area contributed by atoms with Gasteiger partial charge in [-0.25, -0.2) is 4.79 Å². The highest BCUT2D eigenvalue weighted by molar-refractivity contribution is 5.91. The van der Waals surface area contributed by atoms with Gasteiger partial charge in [-0.05, 0) is 12.5 Å². The van der Waals surface area contributed by atoms with Crippen LogP contribution in [0, 0.1) is 0 Å². The van der Waals surface area contributed by atoms with Crippen molar-refractivity contribution < 1.29 is 14.3 Å². The molecule has 0 radical (unpaired) electrons. The molecule has 1 aromatic carbocycles. The van der Waals surface area contributed by atoms with Gasteiger partial charge in [-0.3, -0.25) is 14.8 Å². The number of hydrogen-bond donors (Lipinski definition) is 2. The summed E-state index contributed by atoms with van der Waals surface area (Å²) in [6.45, 7) is 1.80. The molecule has 0 unspecified atom stereocenters. The lowest BCUT2D eigenvalue weighted by molar-refractivity contribution is -0.141. The van der Waals surface area contributed by atoms with E-state index in [-0.39, 0.29) is 13.2 Å². The van der Waals surface area contributed by atoms with Crippen LogP contribution >= 0.6 is 0 Å². The molecule has 0 saturated heterocycles. The van der Waals surface area contributed by atoms with E-state index in [0.717, 1.165) is 11.3 Å². The third-order valence-corrected chi connectivity index (χ3v) is 2.89. The second kappa shape index (κ2) is 7.26. The Morgan fingerprint density at radius 2 is 2.00 bits per heavy atom. The Morgan fingerprint density at radius 3 is 2.68 bits per heavy atom. The van der Waals surface area contributed by atoms with Gasteiger partial charge in [0.1, 0.15) is 6.54 Å². The zero-order chi connectivity index (χ0) is 15.9. The quantitative estimate of drug-likeness (QED) is 0.824. The Bertz CT molecular complexity index is 652. The van der Waals surface area contributed by atoms with E-state index >= 15 is 0 Å². The molecular formula is C15H18N4O3. The van der Waals surface area contributed by atoms with Gasteiger partial charge in [0.15, 0.2) is 5.82 Å². The van der Waals surface area contributed by atoms with Crippen LogP contribution in [-0.2, 0) is 16.6 Å². The van der Waals surface area contributed by atoms with E-state index in [0.29, 0.717) is 5.82 Å². The van der Waals surface area contributed by atoms with Crippen LogP contribution in [0.3, 0.4) is 0 Å². The minimum atomic E-state index is -0.509. The molecule has 1 heterocycles. The van der Waals surface area contributed by atoms with Crippen LogP contribution in [0.25, 0.3) is 11.3 Å². The van der Waals surface area contributed by atoms with E-state index in [1.165, 1.54) is 0 Å². The highest BCUT2D eigenvalue weighted by Gasteiger charge is 2.10. The topological polar surface area (TPSA) is 85.2 Å². The SMILES string of the molecule is CCOC(=O)CNC(=O)Nc1cc(-c2ccccc2)n(C)n1. The van der Waals surface area contributed by atoms with Gasteiger partial charge >= 0.3 is 12.0 Å². The fraction of sp³-hybridized carbons (Fsp3) is 0.267. The number of aryl methyl sites for hydroxylation is 1. The van der Waals surface area contributed by atoms with E-state index in [2.05, 4.69) is 15.7 Å². The molecule has 0 aliphatic heterocycles. The van der Waals surface area contributed by atoms with Gasteiger partial charge in [0.2, 0.25) is 0 Å². The Balaban J connectivity index is 1.97. The number of urea groups is 1. The first-order valence-electron chi connectivity index (χ1n) is 6.90. The highest BCUT2D eigenvalue weighted by Crippen LogP contribution is 2.21. The summed E-state index contributed by atoms with van der Waals surface area (Å²) in [5, 5.41) is 9.21. The number of esters is 1. The third-order valence-electron chi connectivity index (χ3n) is 2.89. The predicted molar refractivity (Wildman–Crippen MR) is 82.3 cm³/mol. The first-order chi connectivity index (χ1) is 10.6. The number of carbonyl (C=O) groups excluding carboxylic acids is 2. The number of carbonyl (C=O) groups is 2. The zero-order valence-corrected chi connectivity index (χ0v) is 12.5. The number of amides is 2. The van der Waals surface area contributed by atoms with Crippen molar-refractivity contribution in [3.05, 3.63) is 36.4 Å². The molecule has 116 valence electrons. The van der Waals surface area contributed by atoms with Gasteiger partial charge in [-0.2, -0.15) is 5.10 Å². The van der Waals surface area contributed by atoms with Crippen molar-refractivity contribution in [3.63, 3.8) is 0 Å². The first-order valence-corrected chi connectivity index (χ1v) is 6.90. The van der Waals surface area contributed by atoms with Crippen LogP contribution in [0.4, 0.5) is 10.6 Å². The predicted octanol–water partition coefficient (Wildman–Crippen LogP) is 1.77. The summed E-state index contributed by atoms with van der Waals surface area (Å²) in [6.07, 6.45) is 0. The largest absolute Gasteiger partial charge is 0.465 e. The van der Waals surface area contributed by atoms with Gasteiger partial charge < -0.3 is 10.1 Å². The fourth-order valence-electron chi connectivity index (χ4n) is 1.93. The van der Waals surface area contributed by atoms with Crippen LogP contribution in [0.2, 0.25) is 0 Å². The molecule has 0 fully saturated rings. The summed E-state index contributed by atoms with van der Waals surface area (Å²) in [4.78, 5) is 22.9. The molecule has 0 saturated carbocycles. The molecule has 0 aliphatic carbocycles. The number of hydrogen-bond acceptors (Lipinski definition) is 4. The van der Waals surface area contributed by atoms with E-state index in [4.69, 9.17) is 4.74 Å². The Labute approximate surface area is 128 Å². The van der Waals surface area contributed by atoms with Crippen LogP contribution in [0.5, 0.6) is 0 Å². The van der Waals surface area contributed by atoms with Gasteiger partial charge in [0.25, 0.3) is 0 Å². The summed E-state index contributed by atoms with van der Waals surface area (Å²) in [5.41, 5.74) is 1.87. The van der Waals surface area contributed by atoms with Crippen molar-refractivity contribution in [2.75, 3.05) is 18.5 Å². The molecule has 22 heavy (non-hydrogen) atoms. The molecule has 7 nitrogen and oxygen atoms in total. The normalized spacial score (nSPS) is 10.1. The maximum Gasteiger partial charge on any atom is 0.325 e. The van der Waals surface area contributed by atoms with Gasteiger partial charge in [0, 0.05) is 13.1 Å². The standard InChI is InChI=1S/C15H18N4O3/c1-3-22-14(20)10-16-15(21)17-13-9-12(19(2)18-13)11-7-5-4-6-8-11/h4-9H,3,10H2,1-2H3,(H2,16,17,18,21). The molecule has 2 amide bonds. The molecule has 2 N–H and O–H groups in total. The number of rotatable bonds is 5. The minimum absolute atomic E-state index is 0.182. The van der Waals surface area contributed by atoms with Crippen LogP contribution in [0.1, 0.15) is 6.92 Å². The average Bonchev–Trinajstić information content (AvgIpc) is 2.87.